The second-order valence-electron chi connectivity index (χ2n) is 6.08. The van der Waals surface area contributed by atoms with Gasteiger partial charge in [-0.15, -0.1) is 0 Å². The van der Waals surface area contributed by atoms with Crippen LogP contribution in [0.4, 0.5) is 0 Å². The van der Waals surface area contributed by atoms with Crippen LogP contribution in [0.1, 0.15) is 56.7 Å². The SMILES string of the molecule is CCCN(CCC(NCC)c1ccc(C)cc1)C1CC1. The summed E-state index contributed by atoms with van der Waals surface area (Å²) in [4.78, 5) is 2.69. The van der Waals surface area contributed by atoms with E-state index >= 15 is 0 Å². The van der Waals surface area contributed by atoms with Gasteiger partial charge in [0.1, 0.15) is 0 Å². The Labute approximate surface area is 124 Å². The molecule has 1 aliphatic carbocycles. The molecule has 0 aliphatic heterocycles. The molecule has 20 heavy (non-hydrogen) atoms. The number of hydrogen-bond donors (Lipinski definition) is 1. The summed E-state index contributed by atoms with van der Waals surface area (Å²) in [5.41, 5.74) is 2.78. The van der Waals surface area contributed by atoms with Crippen molar-refractivity contribution in [2.75, 3.05) is 19.6 Å². The first-order valence-electron chi connectivity index (χ1n) is 8.28. The molecule has 0 spiro atoms. The molecule has 2 rings (SSSR count). The molecule has 0 amide bonds. The predicted octanol–water partition coefficient (Wildman–Crippen LogP) is 3.91. The van der Waals surface area contributed by atoms with Gasteiger partial charge in [-0.2, -0.15) is 0 Å². The van der Waals surface area contributed by atoms with Crippen LogP contribution < -0.4 is 5.32 Å². The van der Waals surface area contributed by atoms with Crippen LogP contribution in [-0.4, -0.2) is 30.6 Å². The highest BCUT2D eigenvalue weighted by molar-refractivity contribution is 5.24. The van der Waals surface area contributed by atoms with Crippen LogP contribution in [0, 0.1) is 6.92 Å². The molecule has 1 N–H and O–H groups in total. The third-order valence-electron chi connectivity index (χ3n) is 4.21. The van der Waals surface area contributed by atoms with Crippen molar-refractivity contribution < 1.29 is 0 Å². The Balaban J connectivity index is 1.92. The fraction of sp³-hybridized carbons (Fsp3) is 0.667. The summed E-state index contributed by atoms with van der Waals surface area (Å²) in [5, 5.41) is 3.65. The van der Waals surface area contributed by atoms with Crippen LogP contribution in [0.15, 0.2) is 24.3 Å². The van der Waals surface area contributed by atoms with Crippen molar-refractivity contribution in [1.82, 2.24) is 10.2 Å². The molecule has 1 aliphatic rings. The van der Waals surface area contributed by atoms with Crippen molar-refractivity contribution in [2.24, 2.45) is 0 Å². The molecule has 1 saturated carbocycles. The first-order chi connectivity index (χ1) is 9.74. The van der Waals surface area contributed by atoms with Gasteiger partial charge in [0, 0.05) is 18.6 Å². The first kappa shape index (κ1) is 15.5. The van der Waals surface area contributed by atoms with Gasteiger partial charge in [-0.1, -0.05) is 43.7 Å². The average Bonchev–Trinajstić information content (AvgIpc) is 3.27. The molecule has 0 radical (unpaired) electrons. The van der Waals surface area contributed by atoms with E-state index in [1.807, 2.05) is 0 Å². The minimum Gasteiger partial charge on any atom is -0.310 e. The number of hydrogen-bond acceptors (Lipinski definition) is 2. The van der Waals surface area contributed by atoms with Crippen LogP contribution in [0.25, 0.3) is 0 Å². The highest BCUT2D eigenvalue weighted by Gasteiger charge is 2.28. The van der Waals surface area contributed by atoms with Gasteiger partial charge in [-0.25, -0.2) is 0 Å². The molecular weight excluding hydrogens is 244 g/mol. The molecule has 112 valence electrons. The molecule has 1 aromatic rings. The Morgan fingerprint density at radius 3 is 2.40 bits per heavy atom. The Bertz CT molecular complexity index is 381. The van der Waals surface area contributed by atoms with E-state index in [1.165, 1.54) is 49.9 Å². The van der Waals surface area contributed by atoms with Crippen LogP contribution in [-0.2, 0) is 0 Å². The molecule has 1 aromatic carbocycles. The highest BCUT2D eigenvalue weighted by atomic mass is 15.2. The van der Waals surface area contributed by atoms with Gasteiger partial charge in [0.2, 0.25) is 0 Å². The fourth-order valence-electron chi connectivity index (χ4n) is 2.93. The molecule has 0 bridgehead atoms. The summed E-state index contributed by atoms with van der Waals surface area (Å²) in [6, 6.07) is 10.4. The minimum atomic E-state index is 0.499. The number of nitrogens with zero attached hydrogens (tertiary/aromatic N) is 1. The highest BCUT2D eigenvalue weighted by Crippen LogP contribution is 2.28. The molecule has 0 aromatic heterocycles. The lowest BCUT2D eigenvalue weighted by atomic mass is 10.0. The Kier molecular flexibility index (Phi) is 6.06. The lowest BCUT2D eigenvalue weighted by molar-refractivity contribution is 0.247. The van der Waals surface area contributed by atoms with Crippen LogP contribution in [0.5, 0.6) is 0 Å². The molecule has 1 unspecified atom stereocenters. The monoisotopic (exact) mass is 274 g/mol. The van der Waals surface area contributed by atoms with Crippen LogP contribution >= 0.6 is 0 Å². The summed E-state index contributed by atoms with van der Waals surface area (Å²) in [6.07, 6.45) is 5.31. The third kappa shape index (κ3) is 4.60. The first-order valence-corrected chi connectivity index (χ1v) is 8.28. The lowest BCUT2D eigenvalue weighted by Crippen LogP contribution is -2.31. The molecule has 1 atom stereocenters. The normalized spacial score (nSPS) is 16.6. The maximum absolute atomic E-state index is 3.65. The van der Waals surface area contributed by atoms with E-state index in [9.17, 15) is 0 Å². The van der Waals surface area contributed by atoms with Gasteiger partial charge >= 0.3 is 0 Å². The minimum absolute atomic E-state index is 0.499. The van der Waals surface area contributed by atoms with E-state index in [1.54, 1.807) is 0 Å². The molecule has 2 nitrogen and oxygen atoms in total. The largest absolute Gasteiger partial charge is 0.310 e. The van der Waals surface area contributed by atoms with E-state index in [2.05, 4.69) is 55.3 Å². The van der Waals surface area contributed by atoms with E-state index in [0.717, 1.165) is 12.6 Å². The Morgan fingerprint density at radius 2 is 1.85 bits per heavy atom. The van der Waals surface area contributed by atoms with Crippen molar-refractivity contribution in [1.29, 1.82) is 0 Å². The van der Waals surface area contributed by atoms with Gasteiger partial charge in [0.05, 0.1) is 0 Å². The maximum atomic E-state index is 3.65. The van der Waals surface area contributed by atoms with Crippen molar-refractivity contribution in [3.8, 4) is 0 Å². The number of benzene rings is 1. The zero-order valence-electron chi connectivity index (χ0n) is 13.4. The summed E-state index contributed by atoms with van der Waals surface area (Å²) in [7, 11) is 0. The Morgan fingerprint density at radius 1 is 1.15 bits per heavy atom. The predicted molar refractivity (Wildman–Crippen MR) is 87.1 cm³/mol. The summed E-state index contributed by atoms with van der Waals surface area (Å²) >= 11 is 0. The standard InChI is InChI=1S/C18H30N2/c1-4-13-20(17-10-11-17)14-12-18(19-5-2)16-8-6-15(3)7-9-16/h6-9,17-19H,4-5,10-14H2,1-3H3. The topological polar surface area (TPSA) is 15.3 Å². The second kappa shape index (κ2) is 7.80. The van der Waals surface area contributed by atoms with E-state index in [-0.39, 0.29) is 0 Å². The molecule has 2 heteroatoms. The van der Waals surface area contributed by atoms with Crippen molar-refractivity contribution in [3.63, 3.8) is 0 Å². The van der Waals surface area contributed by atoms with Gasteiger partial charge in [-0.05, 0) is 51.3 Å². The zero-order valence-corrected chi connectivity index (χ0v) is 13.4. The van der Waals surface area contributed by atoms with Crippen molar-refractivity contribution in [2.45, 2.75) is 58.5 Å². The lowest BCUT2D eigenvalue weighted by Gasteiger charge is -2.25. The summed E-state index contributed by atoms with van der Waals surface area (Å²) in [5.74, 6) is 0. The smallest absolute Gasteiger partial charge is 0.0332 e. The van der Waals surface area contributed by atoms with Gasteiger partial charge in [0.25, 0.3) is 0 Å². The number of rotatable bonds is 9. The van der Waals surface area contributed by atoms with Crippen molar-refractivity contribution >= 4 is 0 Å². The number of aryl methyl sites for hydroxylation is 1. The van der Waals surface area contributed by atoms with Gasteiger partial charge < -0.3 is 10.2 Å². The summed E-state index contributed by atoms with van der Waals surface area (Å²) in [6.45, 7) is 10.2. The Hall–Kier alpha value is -0.860. The number of nitrogens with one attached hydrogen (secondary N) is 1. The van der Waals surface area contributed by atoms with E-state index in [4.69, 9.17) is 0 Å². The van der Waals surface area contributed by atoms with Crippen LogP contribution in [0.3, 0.4) is 0 Å². The fourth-order valence-corrected chi connectivity index (χ4v) is 2.93. The van der Waals surface area contributed by atoms with Crippen LogP contribution in [0.2, 0.25) is 0 Å². The second-order valence-corrected chi connectivity index (χ2v) is 6.08. The quantitative estimate of drug-likeness (QED) is 0.734. The van der Waals surface area contributed by atoms with Gasteiger partial charge in [0.15, 0.2) is 0 Å². The molecule has 0 heterocycles. The third-order valence-corrected chi connectivity index (χ3v) is 4.21. The van der Waals surface area contributed by atoms with Crippen molar-refractivity contribution in [3.05, 3.63) is 35.4 Å². The molecule has 1 fully saturated rings. The zero-order chi connectivity index (χ0) is 14.4. The average molecular weight is 274 g/mol. The summed E-state index contributed by atoms with van der Waals surface area (Å²) < 4.78 is 0. The van der Waals surface area contributed by atoms with E-state index in [0.29, 0.717) is 6.04 Å². The maximum Gasteiger partial charge on any atom is 0.0332 e. The molecule has 0 saturated heterocycles. The van der Waals surface area contributed by atoms with E-state index < -0.39 is 0 Å². The molecular formula is C18H30N2. The van der Waals surface area contributed by atoms with Gasteiger partial charge in [-0.3, -0.25) is 0 Å².